The van der Waals surface area contributed by atoms with Gasteiger partial charge in [0.15, 0.2) is 5.76 Å². The second-order valence-electron chi connectivity index (χ2n) is 4.57. The SMILES string of the molecule is CC(NC(=O)c1ccco1)c1cccc(C#CCCO)c1. The van der Waals surface area contributed by atoms with Gasteiger partial charge in [0.05, 0.1) is 18.9 Å². The van der Waals surface area contributed by atoms with E-state index in [1.807, 2.05) is 31.2 Å². The van der Waals surface area contributed by atoms with E-state index in [0.29, 0.717) is 12.2 Å². The standard InChI is InChI=1S/C17H17NO3/c1-13(18-17(20)16-9-5-11-21-16)15-8-4-7-14(12-15)6-2-3-10-19/h4-5,7-9,11-13,19H,3,10H2,1H3,(H,18,20). The zero-order valence-electron chi connectivity index (χ0n) is 11.8. The monoisotopic (exact) mass is 283 g/mol. The molecular weight excluding hydrogens is 266 g/mol. The van der Waals surface area contributed by atoms with Crippen molar-refractivity contribution >= 4 is 5.91 Å². The molecule has 2 aromatic rings. The molecule has 0 bridgehead atoms. The van der Waals surface area contributed by atoms with Gasteiger partial charge in [0.2, 0.25) is 0 Å². The van der Waals surface area contributed by atoms with Gasteiger partial charge in [-0.3, -0.25) is 4.79 Å². The first-order valence-electron chi connectivity index (χ1n) is 6.75. The van der Waals surface area contributed by atoms with E-state index in [0.717, 1.165) is 11.1 Å². The predicted molar refractivity (Wildman–Crippen MR) is 79.6 cm³/mol. The molecule has 2 rings (SSSR count). The summed E-state index contributed by atoms with van der Waals surface area (Å²) in [6.07, 6.45) is 1.92. The van der Waals surface area contributed by atoms with Crippen LogP contribution in [0.25, 0.3) is 0 Å². The Morgan fingerprint density at radius 3 is 2.95 bits per heavy atom. The molecule has 1 heterocycles. The van der Waals surface area contributed by atoms with Crippen molar-refractivity contribution in [3.05, 3.63) is 59.5 Å². The number of amides is 1. The van der Waals surface area contributed by atoms with Gasteiger partial charge in [-0.05, 0) is 36.8 Å². The quantitative estimate of drug-likeness (QED) is 0.847. The first kappa shape index (κ1) is 14.9. The summed E-state index contributed by atoms with van der Waals surface area (Å²) in [6.45, 7) is 1.96. The van der Waals surface area contributed by atoms with Gasteiger partial charge in [0, 0.05) is 12.0 Å². The molecule has 2 N–H and O–H groups in total. The lowest BCUT2D eigenvalue weighted by molar-refractivity contribution is 0.0912. The molecule has 0 spiro atoms. The van der Waals surface area contributed by atoms with Crippen LogP contribution in [-0.2, 0) is 0 Å². The summed E-state index contributed by atoms with van der Waals surface area (Å²) in [7, 11) is 0. The van der Waals surface area contributed by atoms with E-state index in [4.69, 9.17) is 9.52 Å². The maximum atomic E-state index is 11.9. The average Bonchev–Trinajstić information content (AvgIpc) is 3.02. The second kappa shape index (κ2) is 7.32. The molecule has 0 saturated carbocycles. The highest BCUT2D eigenvalue weighted by atomic mass is 16.3. The number of rotatable bonds is 4. The maximum Gasteiger partial charge on any atom is 0.287 e. The van der Waals surface area contributed by atoms with Crippen molar-refractivity contribution in [3.8, 4) is 11.8 Å². The Bertz CT molecular complexity index is 650. The summed E-state index contributed by atoms with van der Waals surface area (Å²) in [5, 5.41) is 11.6. The van der Waals surface area contributed by atoms with Gasteiger partial charge in [0.1, 0.15) is 0 Å². The van der Waals surface area contributed by atoms with Crippen LogP contribution in [0.2, 0.25) is 0 Å². The number of aliphatic hydroxyl groups excluding tert-OH is 1. The Labute approximate surface area is 123 Å². The van der Waals surface area contributed by atoms with Crippen molar-refractivity contribution in [2.45, 2.75) is 19.4 Å². The molecule has 0 radical (unpaired) electrons. The Morgan fingerprint density at radius 1 is 1.38 bits per heavy atom. The Kier molecular flexibility index (Phi) is 5.19. The number of carbonyl (C=O) groups excluding carboxylic acids is 1. The topological polar surface area (TPSA) is 62.5 Å². The van der Waals surface area contributed by atoms with E-state index in [-0.39, 0.29) is 18.6 Å². The van der Waals surface area contributed by atoms with Gasteiger partial charge in [-0.1, -0.05) is 24.0 Å². The molecule has 1 aromatic carbocycles. The molecule has 0 saturated heterocycles. The lowest BCUT2D eigenvalue weighted by Gasteiger charge is -2.13. The van der Waals surface area contributed by atoms with Crippen LogP contribution in [0.5, 0.6) is 0 Å². The lowest BCUT2D eigenvalue weighted by atomic mass is 10.1. The molecule has 4 nitrogen and oxygen atoms in total. The highest BCUT2D eigenvalue weighted by Gasteiger charge is 2.13. The highest BCUT2D eigenvalue weighted by molar-refractivity contribution is 5.91. The summed E-state index contributed by atoms with van der Waals surface area (Å²) in [6, 6.07) is 10.8. The van der Waals surface area contributed by atoms with Crippen LogP contribution < -0.4 is 5.32 Å². The van der Waals surface area contributed by atoms with Gasteiger partial charge in [-0.2, -0.15) is 0 Å². The Hall–Kier alpha value is -2.51. The fraction of sp³-hybridized carbons (Fsp3) is 0.235. The van der Waals surface area contributed by atoms with Gasteiger partial charge in [-0.15, -0.1) is 0 Å². The van der Waals surface area contributed by atoms with E-state index in [1.54, 1.807) is 12.1 Å². The summed E-state index contributed by atoms with van der Waals surface area (Å²) in [5.41, 5.74) is 1.82. The Morgan fingerprint density at radius 2 is 2.24 bits per heavy atom. The molecule has 0 aliphatic heterocycles. The molecule has 1 amide bonds. The molecule has 0 aliphatic rings. The number of benzene rings is 1. The smallest absolute Gasteiger partial charge is 0.287 e. The summed E-state index contributed by atoms with van der Waals surface area (Å²) < 4.78 is 5.06. The van der Waals surface area contributed by atoms with Crippen molar-refractivity contribution < 1.29 is 14.3 Å². The first-order valence-corrected chi connectivity index (χ1v) is 6.75. The number of hydrogen-bond donors (Lipinski definition) is 2. The summed E-state index contributed by atoms with van der Waals surface area (Å²) >= 11 is 0. The number of furan rings is 1. The number of nitrogens with one attached hydrogen (secondary N) is 1. The number of carbonyl (C=O) groups is 1. The van der Waals surface area contributed by atoms with E-state index >= 15 is 0 Å². The lowest BCUT2D eigenvalue weighted by Crippen LogP contribution is -2.26. The highest BCUT2D eigenvalue weighted by Crippen LogP contribution is 2.15. The minimum atomic E-state index is -0.246. The van der Waals surface area contributed by atoms with Crippen molar-refractivity contribution in [2.24, 2.45) is 0 Å². The zero-order chi connectivity index (χ0) is 15.1. The third kappa shape index (κ3) is 4.23. The van der Waals surface area contributed by atoms with Crippen LogP contribution in [0.3, 0.4) is 0 Å². The second-order valence-corrected chi connectivity index (χ2v) is 4.57. The number of aliphatic hydroxyl groups is 1. The van der Waals surface area contributed by atoms with Crippen molar-refractivity contribution in [3.63, 3.8) is 0 Å². The van der Waals surface area contributed by atoms with E-state index in [2.05, 4.69) is 17.2 Å². The molecule has 108 valence electrons. The molecule has 21 heavy (non-hydrogen) atoms. The van der Waals surface area contributed by atoms with Crippen LogP contribution in [0.15, 0.2) is 47.1 Å². The molecule has 1 aromatic heterocycles. The van der Waals surface area contributed by atoms with Crippen LogP contribution in [-0.4, -0.2) is 17.6 Å². The fourth-order valence-corrected chi connectivity index (χ4v) is 1.87. The van der Waals surface area contributed by atoms with Crippen molar-refractivity contribution in [1.29, 1.82) is 0 Å². The van der Waals surface area contributed by atoms with E-state index in [1.165, 1.54) is 6.26 Å². The maximum absolute atomic E-state index is 11.9. The average molecular weight is 283 g/mol. The van der Waals surface area contributed by atoms with Crippen LogP contribution in [0.4, 0.5) is 0 Å². The zero-order valence-corrected chi connectivity index (χ0v) is 11.8. The number of hydrogen-bond acceptors (Lipinski definition) is 3. The third-order valence-electron chi connectivity index (χ3n) is 2.95. The van der Waals surface area contributed by atoms with Gasteiger partial charge >= 0.3 is 0 Å². The Balaban J connectivity index is 2.06. The van der Waals surface area contributed by atoms with Crippen LogP contribution >= 0.6 is 0 Å². The van der Waals surface area contributed by atoms with Gasteiger partial charge < -0.3 is 14.8 Å². The molecule has 1 atom stereocenters. The third-order valence-corrected chi connectivity index (χ3v) is 2.95. The molecule has 0 fully saturated rings. The van der Waals surface area contributed by atoms with Crippen molar-refractivity contribution in [2.75, 3.05) is 6.61 Å². The predicted octanol–water partition coefficient (Wildman–Crippen LogP) is 2.50. The minimum absolute atomic E-state index is 0.0578. The molecule has 0 aliphatic carbocycles. The normalized spacial score (nSPS) is 11.3. The molecule has 1 unspecified atom stereocenters. The van der Waals surface area contributed by atoms with Crippen molar-refractivity contribution in [1.82, 2.24) is 5.32 Å². The fourth-order valence-electron chi connectivity index (χ4n) is 1.87. The summed E-state index contributed by atoms with van der Waals surface area (Å²) in [4.78, 5) is 11.9. The largest absolute Gasteiger partial charge is 0.459 e. The summed E-state index contributed by atoms with van der Waals surface area (Å²) in [5.74, 6) is 5.91. The molecule has 4 heteroatoms. The van der Waals surface area contributed by atoms with Gasteiger partial charge in [-0.25, -0.2) is 0 Å². The van der Waals surface area contributed by atoms with E-state index < -0.39 is 0 Å². The van der Waals surface area contributed by atoms with E-state index in [9.17, 15) is 4.79 Å². The first-order chi connectivity index (χ1) is 10.2. The van der Waals surface area contributed by atoms with Crippen LogP contribution in [0, 0.1) is 11.8 Å². The molecular formula is C17H17NO3. The van der Waals surface area contributed by atoms with Crippen LogP contribution in [0.1, 0.15) is 41.1 Å². The van der Waals surface area contributed by atoms with Gasteiger partial charge in [0.25, 0.3) is 5.91 Å². The minimum Gasteiger partial charge on any atom is -0.459 e.